The van der Waals surface area contributed by atoms with Crippen molar-refractivity contribution in [2.45, 2.75) is 71.8 Å². The number of fused-ring (bicyclic) bond motifs is 5. The molecule has 0 heterocycles. The lowest BCUT2D eigenvalue weighted by atomic mass is 9.47. The van der Waals surface area contributed by atoms with Crippen molar-refractivity contribution in [2.24, 2.45) is 40.4 Å². The summed E-state index contributed by atoms with van der Waals surface area (Å²) in [6.07, 6.45) is 9.05. The van der Waals surface area contributed by atoms with E-state index < -0.39 is 0 Å². The zero-order valence-electron chi connectivity index (χ0n) is 15.8. The van der Waals surface area contributed by atoms with E-state index in [9.17, 15) is 15.2 Å². The molecule has 4 unspecified atom stereocenters. The number of aliphatic hydroxyl groups is 1. The first-order valence-corrected chi connectivity index (χ1v) is 10.1. The van der Waals surface area contributed by atoms with Gasteiger partial charge in [-0.25, -0.2) is 0 Å². The standard InChI is InChI=1S/C22H31NO2/c1-13(12-23)20-19(25)11-18-16-5-4-14-10-15(24)6-8-21(14,2)17(16)7-9-22(18,20)3/h4,13,15-18,20,24H,5-11H2,1-3H3/t13-,15+,16?,17+,18+,20?,21?,22?/m1/s1. The average Bonchev–Trinajstić information content (AvgIpc) is 2.85. The molecule has 0 aromatic heterocycles. The Kier molecular flexibility index (Phi) is 3.93. The number of carbonyl (C=O) groups is 1. The topological polar surface area (TPSA) is 61.1 Å². The van der Waals surface area contributed by atoms with Crippen LogP contribution < -0.4 is 0 Å². The second-order valence-electron chi connectivity index (χ2n) is 9.77. The van der Waals surface area contributed by atoms with E-state index in [0.29, 0.717) is 30.0 Å². The minimum atomic E-state index is -0.172. The summed E-state index contributed by atoms with van der Waals surface area (Å²) in [7, 11) is 0. The molecule has 3 heteroatoms. The molecule has 3 nitrogen and oxygen atoms in total. The van der Waals surface area contributed by atoms with Crippen LogP contribution in [0.25, 0.3) is 0 Å². The number of rotatable bonds is 1. The first-order chi connectivity index (χ1) is 11.8. The Morgan fingerprint density at radius 3 is 2.72 bits per heavy atom. The Bertz CT molecular complexity index is 661. The highest BCUT2D eigenvalue weighted by Crippen LogP contribution is 2.66. The molecule has 0 aromatic rings. The molecule has 0 amide bonds. The molecule has 0 saturated heterocycles. The Labute approximate surface area is 151 Å². The number of nitriles is 1. The van der Waals surface area contributed by atoms with Gasteiger partial charge in [-0.1, -0.05) is 25.5 Å². The number of hydrogen-bond acceptors (Lipinski definition) is 3. The van der Waals surface area contributed by atoms with Gasteiger partial charge in [0.15, 0.2) is 0 Å². The Balaban J connectivity index is 1.68. The van der Waals surface area contributed by atoms with Gasteiger partial charge in [-0.2, -0.15) is 5.26 Å². The summed E-state index contributed by atoms with van der Waals surface area (Å²) in [6, 6.07) is 2.36. The van der Waals surface area contributed by atoms with Crippen molar-refractivity contribution in [1.29, 1.82) is 5.26 Å². The van der Waals surface area contributed by atoms with Gasteiger partial charge in [0.25, 0.3) is 0 Å². The molecule has 0 spiro atoms. The molecule has 4 rings (SSSR count). The highest BCUT2D eigenvalue weighted by molar-refractivity contribution is 5.85. The quantitative estimate of drug-likeness (QED) is 0.725. The fraction of sp³-hybridized carbons (Fsp3) is 0.818. The molecule has 0 aromatic carbocycles. The number of nitrogens with zero attached hydrogens (tertiary/aromatic N) is 1. The van der Waals surface area contributed by atoms with Crippen molar-refractivity contribution in [3.8, 4) is 6.07 Å². The molecule has 1 N–H and O–H groups in total. The van der Waals surface area contributed by atoms with Crippen LogP contribution in [0.3, 0.4) is 0 Å². The summed E-state index contributed by atoms with van der Waals surface area (Å²) in [4.78, 5) is 12.8. The largest absolute Gasteiger partial charge is 0.393 e. The highest BCUT2D eigenvalue weighted by Gasteiger charge is 2.61. The summed E-state index contributed by atoms with van der Waals surface area (Å²) < 4.78 is 0. The van der Waals surface area contributed by atoms with E-state index >= 15 is 0 Å². The molecule has 3 fully saturated rings. The summed E-state index contributed by atoms with van der Waals surface area (Å²) in [6.45, 7) is 6.64. The highest BCUT2D eigenvalue weighted by atomic mass is 16.3. The fourth-order valence-electron chi connectivity index (χ4n) is 7.40. The van der Waals surface area contributed by atoms with Crippen molar-refractivity contribution >= 4 is 5.78 Å². The Morgan fingerprint density at radius 1 is 1.24 bits per heavy atom. The van der Waals surface area contributed by atoms with Crippen molar-refractivity contribution in [3.05, 3.63) is 11.6 Å². The van der Waals surface area contributed by atoms with Crippen LogP contribution in [0.4, 0.5) is 0 Å². The average molecular weight is 341 g/mol. The van der Waals surface area contributed by atoms with Crippen LogP contribution in [-0.4, -0.2) is 17.0 Å². The minimum Gasteiger partial charge on any atom is -0.393 e. The molecule has 0 bridgehead atoms. The predicted molar refractivity (Wildman–Crippen MR) is 96.4 cm³/mol. The van der Waals surface area contributed by atoms with Crippen molar-refractivity contribution < 1.29 is 9.90 Å². The van der Waals surface area contributed by atoms with E-state index in [1.807, 2.05) is 6.92 Å². The molecule has 0 aliphatic heterocycles. The molecular formula is C22H31NO2. The molecule has 0 radical (unpaired) electrons. The molecule has 3 saturated carbocycles. The lowest BCUT2D eigenvalue weighted by molar-refractivity contribution is -0.123. The van der Waals surface area contributed by atoms with Crippen LogP contribution in [0, 0.1) is 51.8 Å². The molecule has 8 atom stereocenters. The monoisotopic (exact) mass is 341 g/mol. The maximum absolute atomic E-state index is 12.8. The number of hydrogen-bond donors (Lipinski definition) is 1. The van der Waals surface area contributed by atoms with Gasteiger partial charge in [-0.15, -0.1) is 0 Å². The SMILES string of the molecule is C[C@H](C#N)C1C(=O)C[C@H]2C3CC=C4C[C@@H](O)CCC4(C)[C@H]3CCC12C. The lowest BCUT2D eigenvalue weighted by Gasteiger charge is -2.57. The maximum Gasteiger partial charge on any atom is 0.138 e. The molecule has 4 aliphatic carbocycles. The van der Waals surface area contributed by atoms with Gasteiger partial charge < -0.3 is 5.11 Å². The molecule has 4 aliphatic rings. The fourth-order valence-corrected chi connectivity index (χ4v) is 7.40. The Hall–Kier alpha value is -1.14. The van der Waals surface area contributed by atoms with Crippen LogP contribution in [0.15, 0.2) is 11.6 Å². The zero-order chi connectivity index (χ0) is 18.0. The number of aliphatic hydroxyl groups excluding tert-OH is 1. The van der Waals surface area contributed by atoms with Gasteiger partial charge in [0.1, 0.15) is 5.78 Å². The number of allylic oxidation sites excluding steroid dienone is 1. The van der Waals surface area contributed by atoms with Gasteiger partial charge in [-0.3, -0.25) is 4.79 Å². The first-order valence-electron chi connectivity index (χ1n) is 10.1. The molecule has 25 heavy (non-hydrogen) atoms. The van der Waals surface area contributed by atoms with Gasteiger partial charge in [-0.05, 0) is 74.0 Å². The van der Waals surface area contributed by atoms with E-state index in [-0.39, 0.29) is 28.8 Å². The van der Waals surface area contributed by atoms with Crippen LogP contribution in [0.1, 0.15) is 65.7 Å². The second kappa shape index (κ2) is 5.68. The summed E-state index contributed by atoms with van der Waals surface area (Å²) in [5.74, 6) is 1.73. The van der Waals surface area contributed by atoms with E-state index in [2.05, 4.69) is 26.0 Å². The van der Waals surface area contributed by atoms with Crippen LogP contribution in [0.5, 0.6) is 0 Å². The summed E-state index contributed by atoms with van der Waals surface area (Å²) in [5, 5.41) is 19.5. The van der Waals surface area contributed by atoms with Crippen molar-refractivity contribution in [2.75, 3.05) is 0 Å². The van der Waals surface area contributed by atoms with Gasteiger partial charge in [0.2, 0.25) is 0 Å². The molecular weight excluding hydrogens is 310 g/mol. The maximum atomic E-state index is 12.8. The Morgan fingerprint density at radius 2 is 2.00 bits per heavy atom. The zero-order valence-corrected chi connectivity index (χ0v) is 15.8. The third-order valence-electron chi connectivity index (χ3n) is 8.70. The predicted octanol–water partition coefficient (Wildman–Crippen LogP) is 4.26. The van der Waals surface area contributed by atoms with E-state index in [1.165, 1.54) is 12.0 Å². The normalized spacial score (nSPS) is 50.1. The number of carbonyl (C=O) groups excluding carboxylic acids is 1. The van der Waals surface area contributed by atoms with Crippen LogP contribution in [-0.2, 0) is 4.79 Å². The smallest absolute Gasteiger partial charge is 0.138 e. The van der Waals surface area contributed by atoms with Gasteiger partial charge in [0.05, 0.1) is 18.1 Å². The van der Waals surface area contributed by atoms with Gasteiger partial charge in [0, 0.05) is 12.3 Å². The van der Waals surface area contributed by atoms with Crippen molar-refractivity contribution in [3.63, 3.8) is 0 Å². The van der Waals surface area contributed by atoms with Crippen LogP contribution in [0.2, 0.25) is 0 Å². The summed E-state index contributed by atoms with van der Waals surface area (Å²) >= 11 is 0. The van der Waals surface area contributed by atoms with E-state index in [1.54, 1.807) is 0 Å². The number of Topliss-reactive ketones (excluding diaryl/α,β-unsaturated/α-hetero) is 1. The van der Waals surface area contributed by atoms with Crippen molar-refractivity contribution in [1.82, 2.24) is 0 Å². The number of ketones is 1. The third-order valence-corrected chi connectivity index (χ3v) is 8.70. The molecule has 136 valence electrons. The lowest BCUT2D eigenvalue weighted by Crippen LogP contribution is -2.50. The second-order valence-corrected chi connectivity index (χ2v) is 9.77. The summed E-state index contributed by atoms with van der Waals surface area (Å²) in [5.41, 5.74) is 1.69. The van der Waals surface area contributed by atoms with E-state index in [4.69, 9.17) is 0 Å². The van der Waals surface area contributed by atoms with Gasteiger partial charge >= 0.3 is 0 Å². The minimum absolute atomic E-state index is 0.00325. The third kappa shape index (κ3) is 2.29. The van der Waals surface area contributed by atoms with E-state index in [0.717, 1.165) is 32.1 Å². The first kappa shape index (κ1) is 17.3. The van der Waals surface area contributed by atoms with Crippen LogP contribution >= 0.6 is 0 Å².